The first-order valence-corrected chi connectivity index (χ1v) is 6.54. The summed E-state index contributed by atoms with van der Waals surface area (Å²) < 4.78 is 12.7. The van der Waals surface area contributed by atoms with Crippen molar-refractivity contribution in [3.63, 3.8) is 0 Å². The summed E-state index contributed by atoms with van der Waals surface area (Å²) in [5, 5.41) is 13.9. The first-order valence-electron chi connectivity index (χ1n) is 6.54. The summed E-state index contributed by atoms with van der Waals surface area (Å²) in [4.78, 5) is 22.6. The quantitative estimate of drug-likeness (QED) is 0.718. The smallest absolute Gasteiger partial charge is 0.326 e. The van der Waals surface area contributed by atoms with E-state index in [9.17, 15) is 14.0 Å². The largest absolute Gasteiger partial charge is 0.480 e. The van der Waals surface area contributed by atoms with E-state index in [1.54, 1.807) is 12.1 Å². The van der Waals surface area contributed by atoms with Crippen LogP contribution in [0.15, 0.2) is 24.3 Å². The van der Waals surface area contributed by atoms with Gasteiger partial charge in [-0.3, -0.25) is 0 Å². The molecule has 1 aromatic rings. The molecule has 0 radical (unpaired) electrons. The van der Waals surface area contributed by atoms with Gasteiger partial charge in [-0.05, 0) is 24.1 Å². The van der Waals surface area contributed by atoms with Crippen LogP contribution in [-0.4, -0.2) is 23.1 Å². The number of carboxylic acids is 1. The number of amides is 2. The third kappa shape index (κ3) is 5.69. The zero-order chi connectivity index (χ0) is 15.0. The first-order chi connectivity index (χ1) is 9.52. The number of unbranched alkanes of at least 4 members (excludes halogenated alkanes) is 1. The summed E-state index contributed by atoms with van der Waals surface area (Å²) in [5.74, 6) is -1.39. The topological polar surface area (TPSA) is 78.4 Å². The molecule has 20 heavy (non-hydrogen) atoms. The van der Waals surface area contributed by atoms with E-state index in [-0.39, 0.29) is 12.4 Å². The van der Waals surface area contributed by atoms with Crippen LogP contribution in [0.3, 0.4) is 0 Å². The van der Waals surface area contributed by atoms with Crippen molar-refractivity contribution in [2.75, 3.05) is 0 Å². The van der Waals surface area contributed by atoms with Gasteiger partial charge in [0.1, 0.15) is 11.9 Å². The molecule has 0 aliphatic carbocycles. The Kier molecular flexibility index (Phi) is 6.49. The molecule has 3 N–H and O–H groups in total. The van der Waals surface area contributed by atoms with Crippen LogP contribution in [0.25, 0.3) is 0 Å². The van der Waals surface area contributed by atoms with Gasteiger partial charge >= 0.3 is 12.0 Å². The second kappa shape index (κ2) is 8.14. The summed E-state index contributed by atoms with van der Waals surface area (Å²) in [5.41, 5.74) is 0.738. The van der Waals surface area contributed by atoms with Gasteiger partial charge in [0.2, 0.25) is 0 Å². The Morgan fingerprint density at radius 3 is 2.50 bits per heavy atom. The first kappa shape index (κ1) is 15.9. The Hall–Kier alpha value is -2.11. The summed E-state index contributed by atoms with van der Waals surface area (Å²) in [6.45, 7) is 2.17. The third-order valence-corrected chi connectivity index (χ3v) is 2.82. The summed E-state index contributed by atoms with van der Waals surface area (Å²) in [6.07, 6.45) is 1.99. The van der Waals surface area contributed by atoms with Crippen LogP contribution in [0, 0.1) is 5.82 Å². The van der Waals surface area contributed by atoms with Crippen molar-refractivity contribution in [3.8, 4) is 0 Å². The number of halogens is 1. The average Bonchev–Trinajstić information content (AvgIpc) is 2.42. The van der Waals surface area contributed by atoms with Crippen LogP contribution in [0.1, 0.15) is 31.7 Å². The Morgan fingerprint density at radius 1 is 1.30 bits per heavy atom. The Bertz CT molecular complexity index is 448. The van der Waals surface area contributed by atoms with E-state index in [1.165, 1.54) is 12.1 Å². The molecule has 0 aromatic heterocycles. The molecule has 1 aromatic carbocycles. The molecule has 1 atom stereocenters. The fraction of sp³-hybridized carbons (Fsp3) is 0.429. The van der Waals surface area contributed by atoms with Gasteiger partial charge < -0.3 is 15.7 Å². The molecule has 6 heteroatoms. The summed E-state index contributed by atoms with van der Waals surface area (Å²) in [7, 11) is 0. The number of hydrogen-bond donors (Lipinski definition) is 3. The number of rotatable bonds is 7. The molecule has 0 saturated heterocycles. The maximum atomic E-state index is 12.7. The average molecular weight is 282 g/mol. The Morgan fingerprint density at radius 2 is 1.95 bits per heavy atom. The molecular weight excluding hydrogens is 263 g/mol. The van der Waals surface area contributed by atoms with Gasteiger partial charge in [0.25, 0.3) is 0 Å². The van der Waals surface area contributed by atoms with E-state index >= 15 is 0 Å². The van der Waals surface area contributed by atoms with Gasteiger partial charge in [-0.2, -0.15) is 0 Å². The van der Waals surface area contributed by atoms with E-state index in [1.807, 2.05) is 6.92 Å². The predicted octanol–water partition coefficient (Wildman–Crippen LogP) is 2.27. The lowest BCUT2D eigenvalue weighted by molar-refractivity contribution is -0.139. The van der Waals surface area contributed by atoms with Crippen LogP contribution in [0.5, 0.6) is 0 Å². The summed E-state index contributed by atoms with van der Waals surface area (Å²) >= 11 is 0. The van der Waals surface area contributed by atoms with Crippen molar-refractivity contribution in [3.05, 3.63) is 35.6 Å². The van der Waals surface area contributed by atoms with Gasteiger partial charge in [-0.15, -0.1) is 0 Å². The van der Waals surface area contributed by atoms with Gasteiger partial charge in [0, 0.05) is 6.54 Å². The zero-order valence-corrected chi connectivity index (χ0v) is 11.4. The SMILES string of the molecule is CCCCC(NC(=O)NCc1ccc(F)cc1)C(=O)O. The minimum atomic E-state index is -1.05. The molecule has 2 amide bonds. The number of aliphatic carboxylic acids is 1. The highest BCUT2D eigenvalue weighted by molar-refractivity contribution is 5.82. The number of nitrogens with one attached hydrogen (secondary N) is 2. The second-order valence-corrected chi connectivity index (χ2v) is 4.49. The molecule has 0 aliphatic heterocycles. The van der Waals surface area contributed by atoms with Crippen LogP contribution in [-0.2, 0) is 11.3 Å². The lowest BCUT2D eigenvalue weighted by Gasteiger charge is -2.14. The van der Waals surface area contributed by atoms with E-state index < -0.39 is 18.0 Å². The van der Waals surface area contributed by atoms with E-state index in [0.717, 1.165) is 18.4 Å². The molecule has 0 heterocycles. The van der Waals surface area contributed by atoms with Gasteiger partial charge in [-0.1, -0.05) is 31.9 Å². The van der Waals surface area contributed by atoms with Gasteiger partial charge in [-0.25, -0.2) is 14.0 Å². The highest BCUT2D eigenvalue weighted by atomic mass is 19.1. The molecule has 0 saturated carbocycles. The minimum Gasteiger partial charge on any atom is -0.480 e. The second-order valence-electron chi connectivity index (χ2n) is 4.49. The molecule has 0 fully saturated rings. The fourth-order valence-corrected chi connectivity index (χ4v) is 1.66. The maximum Gasteiger partial charge on any atom is 0.326 e. The lowest BCUT2D eigenvalue weighted by Crippen LogP contribution is -2.45. The monoisotopic (exact) mass is 282 g/mol. The minimum absolute atomic E-state index is 0.215. The summed E-state index contributed by atoms with van der Waals surface area (Å²) in [6, 6.07) is 4.29. The van der Waals surface area contributed by atoms with Crippen LogP contribution >= 0.6 is 0 Å². The number of urea groups is 1. The molecule has 0 spiro atoms. The number of hydrogen-bond acceptors (Lipinski definition) is 2. The van der Waals surface area contributed by atoms with E-state index in [0.29, 0.717) is 6.42 Å². The number of carboxylic acid groups (broad SMARTS) is 1. The van der Waals surface area contributed by atoms with E-state index in [2.05, 4.69) is 10.6 Å². The van der Waals surface area contributed by atoms with Crippen molar-refractivity contribution in [1.82, 2.24) is 10.6 Å². The molecule has 0 bridgehead atoms. The third-order valence-electron chi connectivity index (χ3n) is 2.82. The molecule has 1 unspecified atom stereocenters. The van der Waals surface area contributed by atoms with Gasteiger partial charge in [0.15, 0.2) is 0 Å². The van der Waals surface area contributed by atoms with Crippen molar-refractivity contribution in [1.29, 1.82) is 0 Å². The Labute approximate surface area is 117 Å². The fourth-order valence-electron chi connectivity index (χ4n) is 1.66. The number of carbonyl (C=O) groups excluding carboxylic acids is 1. The van der Waals surface area contributed by atoms with Gasteiger partial charge in [0.05, 0.1) is 0 Å². The predicted molar refractivity (Wildman–Crippen MR) is 72.7 cm³/mol. The van der Waals surface area contributed by atoms with Crippen LogP contribution < -0.4 is 10.6 Å². The molecule has 5 nitrogen and oxygen atoms in total. The zero-order valence-electron chi connectivity index (χ0n) is 11.4. The highest BCUT2D eigenvalue weighted by Crippen LogP contribution is 2.03. The number of benzene rings is 1. The van der Waals surface area contributed by atoms with E-state index in [4.69, 9.17) is 5.11 Å². The molecule has 0 aliphatic rings. The normalized spacial score (nSPS) is 11.7. The van der Waals surface area contributed by atoms with Crippen molar-refractivity contribution < 1.29 is 19.1 Å². The Balaban J connectivity index is 2.41. The highest BCUT2D eigenvalue weighted by Gasteiger charge is 2.18. The van der Waals surface area contributed by atoms with Crippen LogP contribution in [0.2, 0.25) is 0 Å². The molecular formula is C14H19FN2O3. The van der Waals surface area contributed by atoms with Crippen molar-refractivity contribution in [2.24, 2.45) is 0 Å². The van der Waals surface area contributed by atoms with Crippen LogP contribution in [0.4, 0.5) is 9.18 Å². The standard InChI is InChI=1S/C14H19FN2O3/c1-2-3-4-12(13(18)19)17-14(20)16-9-10-5-7-11(15)8-6-10/h5-8,12H,2-4,9H2,1H3,(H,18,19)(H2,16,17,20). The van der Waals surface area contributed by atoms with Crippen molar-refractivity contribution >= 4 is 12.0 Å². The van der Waals surface area contributed by atoms with Crippen molar-refractivity contribution in [2.45, 2.75) is 38.8 Å². The lowest BCUT2D eigenvalue weighted by atomic mass is 10.1. The maximum absolute atomic E-state index is 12.7. The number of carbonyl (C=O) groups is 2. The molecule has 1 rings (SSSR count). The molecule has 110 valence electrons.